The highest BCUT2D eigenvalue weighted by atomic mass is 32.1. The standard InChI is InChI=1S/C23H25NO3S/c1-16(2)27-21-13-19(22(25)11-18-7-5-4-6-8-18)12-20(14-21)26-10-9-23-17(3)24-15-28-23/h4-8,12-16H,9-11H2,1-3H3. The molecule has 0 atom stereocenters. The summed E-state index contributed by atoms with van der Waals surface area (Å²) in [5.41, 5.74) is 4.49. The average Bonchev–Trinajstić information content (AvgIpc) is 3.07. The Labute approximate surface area is 170 Å². The first kappa shape index (κ1) is 20.1. The monoisotopic (exact) mass is 395 g/mol. The van der Waals surface area contributed by atoms with Gasteiger partial charge in [0.25, 0.3) is 0 Å². The van der Waals surface area contributed by atoms with Gasteiger partial charge in [0, 0.05) is 29.3 Å². The van der Waals surface area contributed by atoms with E-state index >= 15 is 0 Å². The van der Waals surface area contributed by atoms with Gasteiger partial charge in [-0.2, -0.15) is 0 Å². The molecule has 0 amide bonds. The average molecular weight is 396 g/mol. The minimum atomic E-state index is 0.0205. The summed E-state index contributed by atoms with van der Waals surface area (Å²) in [6.07, 6.45) is 1.16. The zero-order chi connectivity index (χ0) is 19.9. The highest BCUT2D eigenvalue weighted by Crippen LogP contribution is 2.25. The molecule has 0 saturated heterocycles. The third-order valence-corrected chi connectivity index (χ3v) is 5.22. The van der Waals surface area contributed by atoms with E-state index in [4.69, 9.17) is 9.47 Å². The molecule has 0 aliphatic heterocycles. The van der Waals surface area contributed by atoms with E-state index in [1.165, 1.54) is 4.88 Å². The summed E-state index contributed by atoms with van der Waals surface area (Å²) in [4.78, 5) is 18.3. The molecule has 0 saturated carbocycles. The number of hydrogen-bond donors (Lipinski definition) is 0. The fraction of sp³-hybridized carbons (Fsp3) is 0.304. The van der Waals surface area contributed by atoms with Crippen molar-refractivity contribution in [2.45, 2.75) is 39.7 Å². The van der Waals surface area contributed by atoms with Gasteiger partial charge in [0.2, 0.25) is 0 Å². The van der Waals surface area contributed by atoms with E-state index in [2.05, 4.69) is 4.98 Å². The molecule has 1 heterocycles. The first-order valence-electron chi connectivity index (χ1n) is 9.42. The number of thiazole rings is 1. The maximum absolute atomic E-state index is 12.8. The Morgan fingerprint density at radius 1 is 1.11 bits per heavy atom. The Balaban J connectivity index is 1.74. The Bertz CT molecular complexity index is 919. The van der Waals surface area contributed by atoms with Crippen LogP contribution in [0.15, 0.2) is 54.0 Å². The van der Waals surface area contributed by atoms with E-state index in [0.29, 0.717) is 30.1 Å². The van der Waals surface area contributed by atoms with E-state index < -0.39 is 0 Å². The van der Waals surface area contributed by atoms with Crippen molar-refractivity contribution < 1.29 is 14.3 Å². The molecule has 28 heavy (non-hydrogen) atoms. The molecule has 0 radical (unpaired) electrons. The van der Waals surface area contributed by atoms with E-state index in [9.17, 15) is 4.79 Å². The van der Waals surface area contributed by atoms with Gasteiger partial charge < -0.3 is 9.47 Å². The third kappa shape index (κ3) is 5.67. The van der Waals surface area contributed by atoms with Crippen molar-refractivity contribution in [3.63, 3.8) is 0 Å². The van der Waals surface area contributed by atoms with Crippen LogP contribution < -0.4 is 9.47 Å². The molecule has 0 spiro atoms. The molecule has 0 aliphatic carbocycles. The van der Waals surface area contributed by atoms with Crippen molar-refractivity contribution in [2.75, 3.05) is 6.61 Å². The molecule has 4 nitrogen and oxygen atoms in total. The fourth-order valence-electron chi connectivity index (χ4n) is 2.87. The van der Waals surface area contributed by atoms with Gasteiger partial charge in [0.1, 0.15) is 11.5 Å². The van der Waals surface area contributed by atoms with Crippen LogP contribution in [0.3, 0.4) is 0 Å². The Morgan fingerprint density at radius 2 is 1.86 bits per heavy atom. The van der Waals surface area contributed by atoms with Crippen molar-refractivity contribution in [2.24, 2.45) is 0 Å². The number of aryl methyl sites for hydroxylation is 1. The molecule has 3 aromatic rings. The second kappa shape index (κ2) is 9.51. The van der Waals surface area contributed by atoms with Crippen molar-refractivity contribution in [1.82, 2.24) is 4.98 Å². The van der Waals surface area contributed by atoms with Crippen LogP contribution in [0, 0.1) is 6.92 Å². The molecule has 146 valence electrons. The number of Topliss-reactive ketones (excluding diaryl/α,β-unsaturated/α-hetero) is 1. The van der Waals surface area contributed by atoms with Crippen molar-refractivity contribution in [3.05, 3.63) is 75.7 Å². The first-order valence-corrected chi connectivity index (χ1v) is 10.3. The summed E-state index contributed by atoms with van der Waals surface area (Å²) in [6, 6.07) is 15.2. The van der Waals surface area contributed by atoms with Gasteiger partial charge in [0.05, 0.1) is 23.9 Å². The molecule has 2 aromatic carbocycles. The minimum Gasteiger partial charge on any atom is -0.493 e. The van der Waals surface area contributed by atoms with Crippen LogP contribution in [0.2, 0.25) is 0 Å². The number of aromatic nitrogens is 1. The molecule has 1 aromatic heterocycles. The Morgan fingerprint density at radius 3 is 2.54 bits per heavy atom. The topological polar surface area (TPSA) is 48.4 Å². The van der Waals surface area contributed by atoms with Gasteiger partial charge in [-0.1, -0.05) is 30.3 Å². The van der Waals surface area contributed by atoms with Gasteiger partial charge in [-0.15, -0.1) is 11.3 Å². The lowest BCUT2D eigenvalue weighted by molar-refractivity contribution is 0.0991. The smallest absolute Gasteiger partial charge is 0.167 e. The molecule has 0 bridgehead atoms. The molecule has 0 N–H and O–H groups in total. The third-order valence-electron chi connectivity index (χ3n) is 4.22. The highest BCUT2D eigenvalue weighted by Gasteiger charge is 2.12. The number of carbonyl (C=O) groups is 1. The van der Waals surface area contributed by atoms with Gasteiger partial charge in [-0.25, -0.2) is 4.98 Å². The summed E-state index contributed by atoms with van der Waals surface area (Å²) < 4.78 is 11.8. The van der Waals surface area contributed by atoms with Crippen LogP contribution in [0.4, 0.5) is 0 Å². The zero-order valence-electron chi connectivity index (χ0n) is 16.5. The van der Waals surface area contributed by atoms with Crippen molar-refractivity contribution in [1.29, 1.82) is 0 Å². The molecule has 0 fully saturated rings. The SMILES string of the molecule is Cc1ncsc1CCOc1cc(OC(C)C)cc(C(=O)Cc2ccccc2)c1. The predicted octanol–water partition coefficient (Wildman–Crippen LogP) is 5.29. The lowest BCUT2D eigenvalue weighted by atomic mass is 10.0. The number of nitrogens with zero attached hydrogens (tertiary/aromatic N) is 1. The summed E-state index contributed by atoms with van der Waals surface area (Å²) in [7, 11) is 0. The van der Waals surface area contributed by atoms with Crippen LogP contribution in [0.5, 0.6) is 11.5 Å². The van der Waals surface area contributed by atoms with Gasteiger partial charge >= 0.3 is 0 Å². The lowest BCUT2D eigenvalue weighted by Gasteiger charge is -2.14. The largest absolute Gasteiger partial charge is 0.493 e. The second-order valence-electron chi connectivity index (χ2n) is 6.90. The van der Waals surface area contributed by atoms with Gasteiger partial charge in [-0.3, -0.25) is 4.79 Å². The molecular weight excluding hydrogens is 370 g/mol. The molecule has 0 unspecified atom stereocenters. The number of rotatable bonds is 9. The van der Waals surface area contributed by atoms with Crippen molar-refractivity contribution >= 4 is 17.1 Å². The second-order valence-corrected chi connectivity index (χ2v) is 7.84. The molecule has 5 heteroatoms. The number of benzene rings is 2. The van der Waals surface area contributed by atoms with Crippen LogP contribution in [0.25, 0.3) is 0 Å². The Kier molecular flexibility index (Phi) is 6.82. The minimum absolute atomic E-state index is 0.0205. The van der Waals surface area contributed by atoms with E-state index in [-0.39, 0.29) is 11.9 Å². The van der Waals surface area contributed by atoms with Crippen LogP contribution in [-0.2, 0) is 12.8 Å². The summed E-state index contributed by atoms with van der Waals surface area (Å²) in [5, 5.41) is 0. The predicted molar refractivity (Wildman–Crippen MR) is 113 cm³/mol. The fourth-order valence-corrected chi connectivity index (χ4v) is 3.63. The van der Waals surface area contributed by atoms with Gasteiger partial charge in [-0.05, 0) is 38.5 Å². The maximum Gasteiger partial charge on any atom is 0.167 e. The molecule has 3 rings (SSSR count). The normalized spacial score (nSPS) is 10.9. The number of ketones is 1. The lowest BCUT2D eigenvalue weighted by Crippen LogP contribution is -2.09. The highest BCUT2D eigenvalue weighted by molar-refractivity contribution is 7.09. The first-order chi connectivity index (χ1) is 13.5. The summed E-state index contributed by atoms with van der Waals surface area (Å²) >= 11 is 1.64. The van der Waals surface area contributed by atoms with Crippen LogP contribution in [-0.4, -0.2) is 23.5 Å². The maximum atomic E-state index is 12.8. The number of hydrogen-bond acceptors (Lipinski definition) is 5. The number of ether oxygens (including phenoxy) is 2. The van der Waals surface area contributed by atoms with Crippen molar-refractivity contribution in [3.8, 4) is 11.5 Å². The van der Waals surface area contributed by atoms with E-state index in [1.54, 1.807) is 23.5 Å². The quantitative estimate of drug-likeness (QED) is 0.462. The van der Waals surface area contributed by atoms with Gasteiger partial charge in [0.15, 0.2) is 5.78 Å². The van der Waals surface area contributed by atoms with E-state index in [1.807, 2.05) is 62.7 Å². The Hall–Kier alpha value is -2.66. The summed E-state index contributed by atoms with van der Waals surface area (Å²) in [6.45, 7) is 6.46. The summed E-state index contributed by atoms with van der Waals surface area (Å²) in [5.74, 6) is 1.35. The molecule has 0 aliphatic rings. The van der Waals surface area contributed by atoms with Crippen LogP contribution in [0.1, 0.15) is 40.3 Å². The van der Waals surface area contributed by atoms with Crippen LogP contribution >= 0.6 is 11.3 Å². The number of carbonyl (C=O) groups excluding carboxylic acids is 1. The zero-order valence-corrected chi connectivity index (χ0v) is 17.3. The van der Waals surface area contributed by atoms with E-state index in [0.717, 1.165) is 17.7 Å². The molecular formula is C23H25NO3S.